The van der Waals surface area contributed by atoms with Gasteiger partial charge in [0.25, 0.3) is 0 Å². The zero-order valence-corrected chi connectivity index (χ0v) is 9.89. The summed E-state index contributed by atoms with van der Waals surface area (Å²) in [7, 11) is 1.30. The van der Waals surface area contributed by atoms with Gasteiger partial charge in [-0.1, -0.05) is 0 Å². The number of methoxy groups -OCH3 is 1. The van der Waals surface area contributed by atoms with Crippen molar-refractivity contribution in [3.63, 3.8) is 0 Å². The maximum Gasteiger partial charge on any atom is 0.316 e. The molecule has 0 radical (unpaired) electrons. The van der Waals surface area contributed by atoms with Gasteiger partial charge in [-0.15, -0.1) is 0 Å². The summed E-state index contributed by atoms with van der Waals surface area (Å²) < 4.78 is 15.2. The van der Waals surface area contributed by atoms with Gasteiger partial charge in [0.15, 0.2) is 17.3 Å². The van der Waals surface area contributed by atoms with Crippen LogP contribution in [0.1, 0.15) is 22.3 Å². The first-order valence-corrected chi connectivity index (χ1v) is 5.75. The van der Waals surface area contributed by atoms with Crippen LogP contribution in [0.2, 0.25) is 0 Å². The largest absolute Gasteiger partial charge is 0.468 e. The van der Waals surface area contributed by atoms with Crippen LogP contribution in [0.5, 0.6) is 11.5 Å². The minimum absolute atomic E-state index is 0.173. The maximum absolute atomic E-state index is 12.2. The van der Waals surface area contributed by atoms with Crippen molar-refractivity contribution in [2.45, 2.75) is 12.8 Å². The number of Topliss-reactive ketones (excluding diaryl/α,β-unsaturated/α-hetero) is 1. The molecule has 1 unspecified atom stereocenters. The van der Waals surface area contributed by atoms with Crippen molar-refractivity contribution in [1.82, 2.24) is 0 Å². The van der Waals surface area contributed by atoms with Crippen molar-refractivity contribution in [3.05, 3.63) is 23.3 Å². The molecule has 1 aromatic carbocycles. The third kappa shape index (κ3) is 1.54. The summed E-state index contributed by atoms with van der Waals surface area (Å²) in [6.07, 6.45) is 1.15. The molecule has 0 saturated carbocycles. The molecule has 5 heteroatoms. The van der Waals surface area contributed by atoms with Crippen LogP contribution in [-0.4, -0.2) is 25.7 Å². The molecule has 18 heavy (non-hydrogen) atoms. The third-order valence-corrected chi connectivity index (χ3v) is 3.37. The lowest BCUT2D eigenvalue weighted by atomic mass is 9.82. The average molecular weight is 248 g/mol. The van der Waals surface area contributed by atoms with E-state index in [1.807, 2.05) is 6.07 Å². The van der Waals surface area contributed by atoms with E-state index >= 15 is 0 Å². The van der Waals surface area contributed by atoms with E-state index in [4.69, 9.17) is 9.47 Å². The molecule has 1 atom stereocenters. The average Bonchev–Trinajstić information content (AvgIpc) is 2.83. The van der Waals surface area contributed by atoms with E-state index in [9.17, 15) is 9.59 Å². The minimum Gasteiger partial charge on any atom is -0.468 e. The summed E-state index contributed by atoms with van der Waals surface area (Å²) >= 11 is 0. The lowest BCUT2D eigenvalue weighted by Crippen LogP contribution is -2.30. The van der Waals surface area contributed by atoms with Crippen molar-refractivity contribution in [1.29, 1.82) is 0 Å². The second kappa shape index (κ2) is 4.01. The van der Waals surface area contributed by atoms with E-state index in [1.54, 1.807) is 6.07 Å². The summed E-state index contributed by atoms with van der Waals surface area (Å²) in [5, 5.41) is 0. The second-order valence-corrected chi connectivity index (χ2v) is 4.34. The van der Waals surface area contributed by atoms with Gasteiger partial charge in [-0.25, -0.2) is 0 Å². The van der Waals surface area contributed by atoms with E-state index in [0.717, 1.165) is 5.56 Å². The highest BCUT2D eigenvalue weighted by atomic mass is 16.7. The molecule has 1 aliphatic carbocycles. The van der Waals surface area contributed by atoms with Crippen LogP contribution in [0.4, 0.5) is 0 Å². The number of aryl methyl sites for hydroxylation is 1. The van der Waals surface area contributed by atoms with Gasteiger partial charge in [0, 0.05) is 5.56 Å². The van der Waals surface area contributed by atoms with E-state index in [-0.39, 0.29) is 12.6 Å². The Labute approximate surface area is 104 Å². The van der Waals surface area contributed by atoms with Crippen LogP contribution in [0.3, 0.4) is 0 Å². The molecule has 0 bridgehead atoms. The third-order valence-electron chi connectivity index (χ3n) is 3.37. The number of ether oxygens (including phenoxy) is 3. The first-order chi connectivity index (χ1) is 8.70. The molecule has 3 rings (SSSR count). The normalized spacial score (nSPS) is 20.5. The highest BCUT2D eigenvalue weighted by Crippen LogP contribution is 2.38. The van der Waals surface area contributed by atoms with Gasteiger partial charge < -0.3 is 14.2 Å². The minimum atomic E-state index is -0.692. The predicted molar refractivity (Wildman–Crippen MR) is 60.7 cm³/mol. The Morgan fingerprint density at radius 1 is 1.33 bits per heavy atom. The van der Waals surface area contributed by atoms with Crippen LogP contribution in [0.15, 0.2) is 12.1 Å². The lowest BCUT2D eigenvalue weighted by Gasteiger charge is -2.21. The summed E-state index contributed by atoms with van der Waals surface area (Å²) in [6, 6.07) is 3.48. The number of carbonyl (C=O) groups is 2. The Bertz CT molecular complexity index is 534. The number of esters is 1. The highest BCUT2D eigenvalue weighted by Gasteiger charge is 2.35. The van der Waals surface area contributed by atoms with Gasteiger partial charge in [-0.3, -0.25) is 9.59 Å². The van der Waals surface area contributed by atoms with E-state index < -0.39 is 11.9 Å². The number of rotatable bonds is 1. The van der Waals surface area contributed by atoms with Crippen LogP contribution in [0, 0.1) is 5.92 Å². The van der Waals surface area contributed by atoms with Crippen LogP contribution < -0.4 is 9.47 Å². The summed E-state index contributed by atoms with van der Waals surface area (Å²) in [6.45, 7) is 0.173. The maximum atomic E-state index is 12.2. The zero-order valence-electron chi connectivity index (χ0n) is 9.89. The Morgan fingerprint density at radius 3 is 2.78 bits per heavy atom. The topological polar surface area (TPSA) is 61.8 Å². The Morgan fingerprint density at radius 2 is 2.06 bits per heavy atom. The fraction of sp³-hybridized carbons (Fsp3) is 0.385. The molecule has 0 N–H and O–H groups in total. The first kappa shape index (κ1) is 11.1. The first-order valence-electron chi connectivity index (χ1n) is 5.75. The molecule has 1 aromatic rings. The molecule has 2 aliphatic rings. The second-order valence-electron chi connectivity index (χ2n) is 4.34. The molecule has 0 saturated heterocycles. The molecule has 5 nitrogen and oxygen atoms in total. The molecule has 0 aromatic heterocycles. The standard InChI is InChI=1S/C13H12O5/c1-16-13(15)8-3-2-7-4-10-11(18-6-17-10)5-9(7)12(8)14/h4-5,8H,2-3,6H2,1H3. The van der Waals surface area contributed by atoms with Crippen molar-refractivity contribution in [2.24, 2.45) is 5.92 Å². The number of ketones is 1. The smallest absolute Gasteiger partial charge is 0.316 e. The zero-order chi connectivity index (χ0) is 12.7. The molecule has 1 aliphatic heterocycles. The summed E-state index contributed by atoms with van der Waals surface area (Å²) in [5.41, 5.74) is 1.45. The van der Waals surface area contributed by atoms with Gasteiger partial charge in [-0.2, -0.15) is 0 Å². The van der Waals surface area contributed by atoms with Gasteiger partial charge in [-0.05, 0) is 30.5 Å². The monoisotopic (exact) mass is 248 g/mol. The molecule has 0 spiro atoms. The van der Waals surface area contributed by atoms with Gasteiger partial charge in [0.05, 0.1) is 7.11 Å². The van der Waals surface area contributed by atoms with Crippen molar-refractivity contribution >= 4 is 11.8 Å². The number of fused-ring (bicyclic) bond motifs is 2. The quantitative estimate of drug-likeness (QED) is 0.554. The van der Waals surface area contributed by atoms with Gasteiger partial charge >= 0.3 is 5.97 Å². The van der Waals surface area contributed by atoms with Crippen molar-refractivity contribution < 1.29 is 23.8 Å². The molecular formula is C13H12O5. The number of carbonyl (C=O) groups excluding carboxylic acids is 2. The van der Waals surface area contributed by atoms with Gasteiger partial charge in [0.1, 0.15) is 5.92 Å². The van der Waals surface area contributed by atoms with Crippen LogP contribution in [-0.2, 0) is 16.0 Å². The fourth-order valence-electron chi connectivity index (χ4n) is 2.41. The molecule has 1 heterocycles. The number of hydrogen-bond donors (Lipinski definition) is 0. The Hall–Kier alpha value is -2.04. The van der Waals surface area contributed by atoms with Crippen LogP contribution >= 0.6 is 0 Å². The summed E-state index contributed by atoms with van der Waals surface area (Å²) in [4.78, 5) is 23.7. The van der Waals surface area contributed by atoms with Crippen molar-refractivity contribution in [2.75, 3.05) is 13.9 Å². The Kier molecular flexibility index (Phi) is 2.47. The molecular weight excluding hydrogens is 236 g/mol. The Balaban J connectivity index is 2.00. The molecule has 0 amide bonds. The van der Waals surface area contributed by atoms with E-state index in [1.165, 1.54) is 7.11 Å². The van der Waals surface area contributed by atoms with Gasteiger partial charge in [0.2, 0.25) is 6.79 Å². The van der Waals surface area contributed by atoms with Crippen molar-refractivity contribution in [3.8, 4) is 11.5 Å². The number of hydrogen-bond acceptors (Lipinski definition) is 5. The predicted octanol–water partition coefficient (Wildman–Crippen LogP) is 1.33. The fourth-order valence-corrected chi connectivity index (χ4v) is 2.41. The van der Waals surface area contributed by atoms with Crippen LogP contribution in [0.25, 0.3) is 0 Å². The molecule has 0 fully saturated rings. The number of benzene rings is 1. The SMILES string of the molecule is COC(=O)C1CCc2cc3c(cc2C1=O)OCO3. The lowest BCUT2D eigenvalue weighted by molar-refractivity contribution is -0.143. The highest BCUT2D eigenvalue weighted by molar-refractivity contribution is 6.10. The summed E-state index contributed by atoms with van der Waals surface area (Å²) in [5.74, 6) is -0.127. The molecule has 94 valence electrons. The van der Waals surface area contributed by atoms with E-state index in [0.29, 0.717) is 29.9 Å². The van der Waals surface area contributed by atoms with E-state index in [2.05, 4.69) is 4.74 Å².